The van der Waals surface area contributed by atoms with E-state index in [4.69, 9.17) is 0 Å². The van der Waals surface area contributed by atoms with Gasteiger partial charge in [-0.1, -0.05) is 6.92 Å². The summed E-state index contributed by atoms with van der Waals surface area (Å²) in [5.74, 6) is 0.0705. The predicted octanol–water partition coefficient (Wildman–Crippen LogP) is 0.893. The van der Waals surface area contributed by atoms with E-state index in [-0.39, 0.29) is 5.91 Å². The zero-order valence-electron chi connectivity index (χ0n) is 7.66. The Bertz CT molecular complexity index is 261. The van der Waals surface area contributed by atoms with Gasteiger partial charge in [0.25, 0.3) is 0 Å². The lowest BCUT2D eigenvalue weighted by Crippen LogP contribution is -2.22. The van der Waals surface area contributed by atoms with E-state index in [0.717, 1.165) is 12.1 Å². The maximum atomic E-state index is 11.1. The molecule has 70 valence electrons. The van der Waals surface area contributed by atoms with Crippen LogP contribution >= 0.6 is 0 Å². The highest BCUT2D eigenvalue weighted by Gasteiger charge is 1.98. The summed E-state index contributed by atoms with van der Waals surface area (Å²) in [5, 5.41) is 2.77. The molecule has 0 aromatic carbocycles. The van der Waals surface area contributed by atoms with Crippen molar-refractivity contribution in [2.75, 3.05) is 0 Å². The summed E-state index contributed by atoms with van der Waals surface area (Å²) in [7, 11) is 0. The van der Waals surface area contributed by atoms with Crippen LogP contribution in [0.4, 0.5) is 0 Å². The van der Waals surface area contributed by atoms with Crippen LogP contribution in [0.5, 0.6) is 0 Å². The summed E-state index contributed by atoms with van der Waals surface area (Å²) in [4.78, 5) is 18.8. The number of hydrogen-bond donors (Lipinski definition) is 1. The number of nitrogens with one attached hydrogen (secondary N) is 1. The molecule has 1 aromatic heterocycles. The second-order valence-corrected chi connectivity index (χ2v) is 2.73. The first-order valence-corrected chi connectivity index (χ1v) is 4.34. The van der Waals surface area contributed by atoms with Crippen molar-refractivity contribution in [1.82, 2.24) is 15.3 Å². The summed E-state index contributed by atoms with van der Waals surface area (Å²) >= 11 is 0. The molecule has 0 fully saturated rings. The molecule has 0 atom stereocenters. The highest BCUT2D eigenvalue weighted by atomic mass is 16.1. The Labute approximate surface area is 77.4 Å². The second-order valence-electron chi connectivity index (χ2n) is 2.73. The van der Waals surface area contributed by atoms with E-state index >= 15 is 0 Å². The van der Waals surface area contributed by atoms with Gasteiger partial charge in [0.05, 0.1) is 12.2 Å². The van der Waals surface area contributed by atoms with Gasteiger partial charge in [0.15, 0.2) is 0 Å². The van der Waals surface area contributed by atoms with Crippen molar-refractivity contribution < 1.29 is 4.79 Å². The van der Waals surface area contributed by atoms with Gasteiger partial charge in [-0.05, 0) is 12.5 Å². The van der Waals surface area contributed by atoms with Crippen molar-refractivity contribution in [1.29, 1.82) is 0 Å². The van der Waals surface area contributed by atoms with Crippen LogP contribution in [0.1, 0.15) is 25.5 Å². The Kier molecular flexibility index (Phi) is 3.88. The second kappa shape index (κ2) is 5.24. The number of amides is 1. The first-order valence-electron chi connectivity index (χ1n) is 4.34. The molecule has 0 spiro atoms. The summed E-state index contributed by atoms with van der Waals surface area (Å²) < 4.78 is 0. The molecule has 1 N–H and O–H groups in total. The molecule has 1 aromatic rings. The number of aromatic nitrogens is 2. The minimum absolute atomic E-state index is 0.0705. The molecule has 0 unspecified atom stereocenters. The first kappa shape index (κ1) is 9.64. The molecular weight excluding hydrogens is 166 g/mol. The van der Waals surface area contributed by atoms with Crippen LogP contribution in [0.3, 0.4) is 0 Å². The summed E-state index contributed by atoms with van der Waals surface area (Å²) in [6.45, 7) is 2.46. The number of carbonyl (C=O) groups is 1. The average Bonchev–Trinajstić information content (AvgIpc) is 2.17. The maximum absolute atomic E-state index is 11.1. The lowest BCUT2D eigenvalue weighted by Gasteiger charge is -2.02. The van der Waals surface area contributed by atoms with E-state index in [1.165, 1.54) is 6.33 Å². The minimum Gasteiger partial charge on any atom is -0.350 e. The monoisotopic (exact) mass is 179 g/mol. The van der Waals surface area contributed by atoms with Gasteiger partial charge in [0.2, 0.25) is 5.91 Å². The van der Waals surface area contributed by atoms with Gasteiger partial charge in [0.1, 0.15) is 6.33 Å². The van der Waals surface area contributed by atoms with Gasteiger partial charge < -0.3 is 5.32 Å². The smallest absolute Gasteiger partial charge is 0.220 e. The van der Waals surface area contributed by atoms with Crippen LogP contribution in [-0.2, 0) is 11.3 Å². The van der Waals surface area contributed by atoms with E-state index in [0.29, 0.717) is 13.0 Å². The van der Waals surface area contributed by atoms with E-state index in [9.17, 15) is 4.79 Å². The molecule has 1 amide bonds. The molecule has 13 heavy (non-hydrogen) atoms. The summed E-state index contributed by atoms with van der Waals surface area (Å²) in [5.41, 5.74) is 0.833. The molecule has 4 heteroatoms. The van der Waals surface area contributed by atoms with Gasteiger partial charge in [-0.2, -0.15) is 0 Å². The van der Waals surface area contributed by atoms with Crippen LogP contribution in [0.15, 0.2) is 18.6 Å². The van der Waals surface area contributed by atoms with Crippen molar-refractivity contribution in [3.63, 3.8) is 0 Å². The predicted molar refractivity (Wildman–Crippen MR) is 48.8 cm³/mol. The van der Waals surface area contributed by atoms with E-state index in [2.05, 4.69) is 15.3 Å². The Morgan fingerprint density at radius 2 is 2.46 bits per heavy atom. The van der Waals surface area contributed by atoms with E-state index in [1.807, 2.05) is 6.92 Å². The molecule has 0 bridgehead atoms. The topological polar surface area (TPSA) is 54.9 Å². The molecular formula is C9H13N3O. The third-order valence-corrected chi connectivity index (χ3v) is 1.59. The van der Waals surface area contributed by atoms with Crippen LogP contribution in [-0.4, -0.2) is 15.9 Å². The number of carbonyl (C=O) groups excluding carboxylic acids is 1. The third kappa shape index (κ3) is 3.64. The molecule has 0 saturated heterocycles. The normalized spacial score (nSPS) is 9.62. The van der Waals surface area contributed by atoms with Gasteiger partial charge in [-0.25, -0.2) is 9.97 Å². The van der Waals surface area contributed by atoms with Crippen LogP contribution in [0.2, 0.25) is 0 Å². The molecule has 0 aliphatic carbocycles. The molecule has 4 nitrogen and oxygen atoms in total. The average molecular weight is 179 g/mol. The van der Waals surface area contributed by atoms with Gasteiger partial charge in [0, 0.05) is 12.6 Å². The molecule has 1 heterocycles. The number of rotatable bonds is 4. The van der Waals surface area contributed by atoms with Gasteiger partial charge in [-0.15, -0.1) is 0 Å². The Morgan fingerprint density at radius 3 is 3.08 bits per heavy atom. The highest BCUT2D eigenvalue weighted by molar-refractivity contribution is 5.75. The lowest BCUT2D eigenvalue weighted by atomic mass is 10.3. The standard InChI is InChI=1S/C9H13N3O/c1-2-3-9(13)11-6-8-4-5-10-7-12-8/h4-5,7H,2-3,6H2,1H3,(H,11,13). The van der Waals surface area contributed by atoms with E-state index in [1.54, 1.807) is 12.3 Å². The number of hydrogen-bond acceptors (Lipinski definition) is 3. The van der Waals surface area contributed by atoms with E-state index < -0.39 is 0 Å². The van der Waals surface area contributed by atoms with Crippen molar-refractivity contribution in [3.05, 3.63) is 24.3 Å². The molecule has 0 aliphatic rings. The molecule has 0 saturated carbocycles. The third-order valence-electron chi connectivity index (χ3n) is 1.59. The number of nitrogens with zero attached hydrogens (tertiary/aromatic N) is 2. The van der Waals surface area contributed by atoms with Crippen LogP contribution in [0, 0.1) is 0 Å². The Morgan fingerprint density at radius 1 is 1.62 bits per heavy atom. The zero-order chi connectivity index (χ0) is 9.52. The lowest BCUT2D eigenvalue weighted by molar-refractivity contribution is -0.121. The van der Waals surface area contributed by atoms with Crippen LogP contribution < -0.4 is 5.32 Å². The van der Waals surface area contributed by atoms with Crippen LogP contribution in [0.25, 0.3) is 0 Å². The van der Waals surface area contributed by atoms with Gasteiger partial charge >= 0.3 is 0 Å². The summed E-state index contributed by atoms with van der Waals surface area (Å²) in [6, 6.07) is 1.78. The molecule has 1 rings (SSSR count). The molecule has 0 radical (unpaired) electrons. The van der Waals surface area contributed by atoms with Crippen molar-refractivity contribution in [3.8, 4) is 0 Å². The maximum Gasteiger partial charge on any atom is 0.220 e. The zero-order valence-corrected chi connectivity index (χ0v) is 7.66. The van der Waals surface area contributed by atoms with Gasteiger partial charge in [-0.3, -0.25) is 4.79 Å². The fraction of sp³-hybridized carbons (Fsp3) is 0.444. The van der Waals surface area contributed by atoms with Crippen molar-refractivity contribution in [2.24, 2.45) is 0 Å². The largest absolute Gasteiger partial charge is 0.350 e. The first-order chi connectivity index (χ1) is 6.33. The molecule has 0 aliphatic heterocycles. The van der Waals surface area contributed by atoms with Crippen molar-refractivity contribution in [2.45, 2.75) is 26.3 Å². The minimum atomic E-state index is 0.0705. The van der Waals surface area contributed by atoms with Crippen molar-refractivity contribution >= 4 is 5.91 Å². The fourth-order valence-electron chi connectivity index (χ4n) is 0.927. The Hall–Kier alpha value is -1.45. The fourth-order valence-corrected chi connectivity index (χ4v) is 0.927. The highest BCUT2D eigenvalue weighted by Crippen LogP contribution is 1.91. The quantitative estimate of drug-likeness (QED) is 0.746. The SMILES string of the molecule is CCCC(=O)NCc1ccncn1. The summed E-state index contributed by atoms with van der Waals surface area (Å²) in [6.07, 6.45) is 4.58. The Balaban J connectivity index is 2.31.